The molecule has 1 aliphatic heterocycles. The molecule has 0 unspecified atom stereocenters. The second-order valence-corrected chi connectivity index (χ2v) is 7.00. The summed E-state index contributed by atoms with van der Waals surface area (Å²) in [6.45, 7) is 4.79. The third-order valence-corrected chi connectivity index (χ3v) is 4.50. The Kier molecular flexibility index (Phi) is 7.70. The molecule has 0 aromatic heterocycles. The topological polar surface area (TPSA) is 133 Å². The van der Waals surface area contributed by atoms with Gasteiger partial charge in [0.15, 0.2) is 0 Å². The molecule has 2 rings (SSSR count). The van der Waals surface area contributed by atoms with Gasteiger partial charge >= 0.3 is 0 Å². The molecule has 1 N–H and O–H groups in total. The second-order valence-electron chi connectivity index (χ2n) is 5.85. The number of nitro groups is 1. The van der Waals surface area contributed by atoms with E-state index in [9.17, 15) is 23.1 Å². The minimum Gasteiger partial charge on any atom is -0.726 e. The molecule has 1 aromatic rings. The summed E-state index contributed by atoms with van der Waals surface area (Å²) in [5.74, 6) is 0. The minimum atomic E-state index is -4.41. The van der Waals surface area contributed by atoms with E-state index in [0.717, 1.165) is 50.0 Å². The van der Waals surface area contributed by atoms with E-state index >= 15 is 0 Å². The van der Waals surface area contributed by atoms with E-state index in [1.807, 2.05) is 0 Å². The van der Waals surface area contributed by atoms with E-state index in [2.05, 4.69) is 16.1 Å². The van der Waals surface area contributed by atoms with E-state index in [1.165, 1.54) is 0 Å². The van der Waals surface area contributed by atoms with Crippen LogP contribution in [0.15, 0.2) is 24.3 Å². The zero-order valence-electron chi connectivity index (χ0n) is 14.2. The number of hydrogen-bond acceptors (Lipinski definition) is 8. The van der Waals surface area contributed by atoms with Crippen LogP contribution in [0.4, 0.5) is 11.4 Å². The third kappa shape index (κ3) is 7.32. The highest BCUT2D eigenvalue weighted by Crippen LogP contribution is 2.21. The molecular weight excluding hydrogens is 354 g/mol. The second kappa shape index (κ2) is 9.06. The van der Waals surface area contributed by atoms with Gasteiger partial charge in [0.25, 0.3) is 5.69 Å². The predicted octanol–water partition coefficient (Wildman–Crippen LogP) is -0.0533. The van der Waals surface area contributed by atoms with Crippen LogP contribution in [-0.2, 0) is 14.6 Å². The van der Waals surface area contributed by atoms with E-state index in [4.69, 9.17) is 5.11 Å². The average molecular weight is 377 g/mol. The lowest BCUT2D eigenvalue weighted by atomic mass is 10.2. The molecule has 0 amide bonds. The van der Waals surface area contributed by atoms with Crippen LogP contribution < -0.4 is 4.90 Å². The van der Waals surface area contributed by atoms with Crippen LogP contribution in [0.2, 0.25) is 0 Å². The monoisotopic (exact) mass is 377 g/mol. The van der Waals surface area contributed by atoms with Gasteiger partial charge in [-0.15, -0.1) is 0 Å². The molecule has 11 heteroatoms. The molecule has 10 nitrogen and oxygen atoms in total. The summed E-state index contributed by atoms with van der Waals surface area (Å²) in [7, 11) is -1.45. The van der Waals surface area contributed by atoms with Gasteiger partial charge in [-0.25, -0.2) is 8.42 Å². The number of likely N-dealkylation sites (N-methyl/N-ethyl adjacent to an activating group) is 1. The van der Waals surface area contributed by atoms with Gasteiger partial charge < -0.3 is 19.0 Å². The van der Waals surface area contributed by atoms with Crippen LogP contribution in [0.25, 0.3) is 0 Å². The fourth-order valence-corrected chi connectivity index (χ4v) is 2.46. The van der Waals surface area contributed by atoms with Gasteiger partial charge in [0.2, 0.25) is 10.4 Å². The lowest BCUT2D eigenvalue weighted by Gasteiger charge is -2.42. The molecule has 0 spiro atoms. The Bertz CT molecular complexity index is 656. The highest BCUT2D eigenvalue weighted by Gasteiger charge is 2.28. The minimum absolute atomic E-state index is 0.127. The number of benzene rings is 1. The number of rotatable bonds is 5. The van der Waals surface area contributed by atoms with Crippen LogP contribution in [0.5, 0.6) is 0 Å². The zero-order valence-corrected chi connectivity index (χ0v) is 15.0. The molecule has 0 saturated carbocycles. The Morgan fingerprint density at radius 2 is 1.76 bits per heavy atom. The molecule has 1 aromatic carbocycles. The predicted molar refractivity (Wildman–Crippen MR) is 89.9 cm³/mol. The standard InChI is InChI=1S/C13H20N3O3.CH4O4S/c1-16(10-11-17)8-6-14(7-9-16)12-2-4-13(5-3-12)15(18)19;1-5-6(2,3)4/h2-5,17H,6-11H2,1H3;1H3,(H,2,3,4)/q+1;/p-1. The van der Waals surface area contributed by atoms with Crippen molar-refractivity contribution in [3.05, 3.63) is 34.4 Å². The number of hydrogen-bond donors (Lipinski definition) is 1. The highest BCUT2D eigenvalue weighted by atomic mass is 32.3. The molecule has 1 heterocycles. The summed E-state index contributed by atoms with van der Waals surface area (Å²) in [6.07, 6.45) is 0. The molecule has 1 saturated heterocycles. The van der Waals surface area contributed by atoms with Gasteiger partial charge in [-0.2, -0.15) is 0 Å². The lowest BCUT2D eigenvalue weighted by molar-refractivity contribution is -0.910. The smallest absolute Gasteiger partial charge is 0.269 e. The van der Waals surface area contributed by atoms with Crippen molar-refractivity contribution in [3.63, 3.8) is 0 Å². The highest BCUT2D eigenvalue weighted by molar-refractivity contribution is 7.80. The van der Waals surface area contributed by atoms with E-state index in [1.54, 1.807) is 24.3 Å². The van der Waals surface area contributed by atoms with Crippen LogP contribution >= 0.6 is 0 Å². The molecular formula is C14H23N3O7S. The van der Waals surface area contributed by atoms with Crippen molar-refractivity contribution in [2.45, 2.75) is 0 Å². The SMILES string of the molecule is COS(=O)(=O)[O-].C[N+]1(CCO)CCN(c2ccc([N+](=O)[O-])cc2)CC1. The Hall–Kier alpha value is -1.79. The number of nitrogens with zero attached hydrogens (tertiary/aromatic N) is 3. The van der Waals surface area contributed by atoms with Gasteiger partial charge in [0, 0.05) is 17.8 Å². The molecule has 1 fully saturated rings. The molecule has 0 radical (unpaired) electrons. The van der Waals surface area contributed by atoms with Crippen molar-refractivity contribution in [3.8, 4) is 0 Å². The van der Waals surface area contributed by atoms with Crippen molar-refractivity contribution >= 4 is 21.8 Å². The van der Waals surface area contributed by atoms with Gasteiger partial charge in [0.1, 0.15) is 6.54 Å². The first-order valence-electron chi connectivity index (χ1n) is 7.55. The molecule has 0 bridgehead atoms. The number of anilines is 1. The van der Waals surface area contributed by atoms with Gasteiger partial charge in [0.05, 0.1) is 51.9 Å². The Balaban J connectivity index is 0.000000450. The first-order chi connectivity index (χ1) is 11.6. The zero-order chi connectivity index (χ0) is 19.1. The van der Waals surface area contributed by atoms with E-state index in [-0.39, 0.29) is 17.2 Å². The van der Waals surface area contributed by atoms with Crippen molar-refractivity contribution < 1.29 is 31.7 Å². The number of piperazine rings is 1. The first kappa shape index (κ1) is 21.3. The van der Waals surface area contributed by atoms with E-state index < -0.39 is 10.4 Å². The van der Waals surface area contributed by atoms with Crippen molar-refractivity contribution in [1.82, 2.24) is 0 Å². The van der Waals surface area contributed by atoms with E-state index in [0.29, 0.717) is 0 Å². The lowest BCUT2D eigenvalue weighted by Crippen LogP contribution is -2.58. The molecule has 1 aliphatic rings. The fraction of sp³-hybridized carbons (Fsp3) is 0.571. The van der Waals surface area contributed by atoms with Crippen LogP contribution in [0, 0.1) is 10.1 Å². The maximum Gasteiger partial charge on any atom is 0.269 e. The van der Waals surface area contributed by atoms with Gasteiger partial charge in [-0.3, -0.25) is 14.3 Å². The van der Waals surface area contributed by atoms with Gasteiger partial charge in [-0.1, -0.05) is 0 Å². The van der Waals surface area contributed by atoms with Crippen LogP contribution in [-0.4, -0.2) is 81.0 Å². The maximum absolute atomic E-state index is 10.6. The average Bonchev–Trinajstić information content (AvgIpc) is 2.55. The number of aliphatic hydroxyl groups is 1. The maximum atomic E-state index is 10.6. The fourth-order valence-electron chi connectivity index (χ4n) is 2.46. The summed E-state index contributed by atoms with van der Waals surface area (Å²) < 4.78 is 31.9. The quantitative estimate of drug-likeness (QED) is 0.248. The largest absolute Gasteiger partial charge is 0.726 e. The molecule has 0 aliphatic carbocycles. The summed E-state index contributed by atoms with van der Waals surface area (Å²) in [5.41, 5.74) is 1.16. The summed E-state index contributed by atoms with van der Waals surface area (Å²) in [4.78, 5) is 12.5. The number of nitro benzene ring substituents is 1. The molecule has 0 atom stereocenters. The van der Waals surface area contributed by atoms with Crippen molar-refractivity contribution in [1.29, 1.82) is 0 Å². The number of non-ortho nitro benzene ring substituents is 1. The molecule has 142 valence electrons. The Morgan fingerprint density at radius 3 is 2.12 bits per heavy atom. The van der Waals surface area contributed by atoms with Crippen LogP contribution in [0.3, 0.4) is 0 Å². The van der Waals surface area contributed by atoms with Crippen molar-refractivity contribution in [2.75, 3.05) is 58.4 Å². The Morgan fingerprint density at radius 1 is 1.28 bits per heavy atom. The third-order valence-electron chi connectivity index (χ3n) is 4.09. The first-order valence-corrected chi connectivity index (χ1v) is 8.89. The molecule has 25 heavy (non-hydrogen) atoms. The summed E-state index contributed by atoms with van der Waals surface area (Å²) >= 11 is 0. The van der Waals surface area contributed by atoms with Crippen molar-refractivity contribution in [2.24, 2.45) is 0 Å². The number of quaternary nitrogens is 1. The Labute approximate surface area is 146 Å². The number of aliphatic hydroxyl groups excluding tert-OH is 1. The summed E-state index contributed by atoms with van der Waals surface area (Å²) in [5, 5.41) is 19.7. The van der Waals surface area contributed by atoms with Gasteiger partial charge in [-0.05, 0) is 12.1 Å². The summed E-state index contributed by atoms with van der Waals surface area (Å²) in [6, 6.07) is 6.71. The normalized spacial score (nSPS) is 16.7. The van der Waals surface area contributed by atoms with Crippen LogP contribution in [0.1, 0.15) is 0 Å².